The van der Waals surface area contributed by atoms with Gasteiger partial charge in [-0.1, -0.05) is 48.5 Å². The number of carbonyl (C=O) groups excluding carboxylic acids is 1. The summed E-state index contributed by atoms with van der Waals surface area (Å²) in [4.78, 5) is 12.2. The maximum absolute atomic E-state index is 12.2. The van der Waals surface area contributed by atoms with E-state index in [-0.39, 0.29) is 12.5 Å². The number of nitrogens with one attached hydrogen (secondary N) is 1. The Morgan fingerprint density at radius 1 is 0.750 bits per heavy atom. The molecule has 0 fully saturated rings. The Hall–Kier alpha value is -3.47. The number of para-hydroxylation sites is 4. The summed E-state index contributed by atoms with van der Waals surface area (Å²) in [6, 6.07) is 24.4. The van der Waals surface area contributed by atoms with Gasteiger partial charge in [-0.2, -0.15) is 0 Å². The largest absolute Gasteiger partial charge is 0.490 e. The molecule has 0 radical (unpaired) electrons. The predicted molar refractivity (Wildman–Crippen MR) is 109 cm³/mol. The van der Waals surface area contributed by atoms with Gasteiger partial charge in [-0.3, -0.25) is 4.79 Å². The van der Waals surface area contributed by atoms with Crippen LogP contribution in [0.15, 0.2) is 78.9 Å². The standard InChI is InChI=1S/C23H23NO4/c1-18-9-5-7-13-21(18)28-17-23(25)24-20-12-6-8-14-22(20)27-16-15-26-19-10-3-2-4-11-19/h2-14H,15-17H2,1H3,(H,24,25). The van der Waals surface area contributed by atoms with Crippen LogP contribution >= 0.6 is 0 Å². The third-order valence-corrected chi connectivity index (χ3v) is 3.97. The molecule has 1 N–H and O–H groups in total. The summed E-state index contributed by atoms with van der Waals surface area (Å²) in [5, 5.41) is 2.83. The van der Waals surface area contributed by atoms with E-state index in [9.17, 15) is 4.79 Å². The Morgan fingerprint density at radius 3 is 2.18 bits per heavy atom. The Kier molecular flexibility index (Phi) is 6.90. The van der Waals surface area contributed by atoms with E-state index >= 15 is 0 Å². The minimum atomic E-state index is -0.250. The van der Waals surface area contributed by atoms with Crippen LogP contribution in [0.25, 0.3) is 0 Å². The van der Waals surface area contributed by atoms with E-state index in [1.807, 2.05) is 73.7 Å². The van der Waals surface area contributed by atoms with Crippen LogP contribution in [0, 0.1) is 6.92 Å². The van der Waals surface area contributed by atoms with Crippen molar-refractivity contribution in [2.45, 2.75) is 6.92 Å². The maximum atomic E-state index is 12.2. The Bertz CT molecular complexity index is 896. The number of rotatable bonds is 9. The van der Waals surface area contributed by atoms with Gasteiger partial charge in [-0.25, -0.2) is 0 Å². The van der Waals surface area contributed by atoms with Gasteiger partial charge < -0.3 is 19.5 Å². The van der Waals surface area contributed by atoms with Crippen LogP contribution in [-0.2, 0) is 4.79 Å². The predicted octanol–water partition coefficient (Wildman–Crippen LogP) is 4.47. The maximum Gasteiger partial charge on any atom is 0.262 e. The average molecular weight is 377 g/mol. The summed E-state index contributed by atoms with van der Waals surface area (Å²) in [6.07, 6.45) is 0. The first kappa shape index (κ1) is 19.3. The van der Waals surface area contributed by atoms with Crippen LogP contribution in [0.5, 0.6) is 17.2 Å². The van der Waals surface area contributed by atoms with Crippen molar-refractivity contribution >= 4 is 11.6 Å². The lowest BCUT2D eigenvalue weighted by atomic mass is 10.2. The molecule has 28 heavy (non-hydrogen) atoms. The van der Waals surface area contributed by atoms with Gasteiger partial charge in [-0.15, -0.1) is 0 Å². The molecular formula is C23H23NO4. The summed E-state index contributed by atoms with van der Waals surface area (Å²) in [5.74, 6) is 1.82. The van der Waals surface area contributed by atoms with Gasteiger partial charge in [0.05, 0.1) is 5.69 Å². The first-order valence-corrected chi connectivity index (χ1v) is 9.10. The second kappa shape index (κ2) is 10.0. The van der Waals surface area contributed by atoms with Crippen molar-refractivity contribution in [3.05, 3.63) is 84.4 Å². The summed E-state index contributed by atoms with van der Waals surface area (Å²) in [5.41, 5.74) is 1.58. The van der Waals surface area contributed by atoms with E-state index in [0.29, 0.717) is 30.4 Å². The number of aryl methyl sites for hydroxylation is 1. The molecule has 0 saturated carbocycles. The lowest BCUT2D eigenvalue weighted by molar-refractivity contribution is -0.118. The zero-order valence-electron chi connectivity index (χ0n) is 15.8. The molecule has 0 spiro atoms. The molecule has 3 rings (SSSR count). The van der Waals surface area contributed by atoms with Crippen molar-refractivity contribution in [2.24, 2.45) is 0 Å². The van der Waals surface area contributed by atoms with E-state index in [2.05, 4.69) is 5.32 Å². The Balaban J connectivity index is 1.49. The molecule has 144 valence electrons. The van der Waals surface area contributed by atoms with E-state index in [1.54, 1.807) is 12.1 Å². The number of carbonyl (C=O) groups is 1. The van der Waals surface area contributed by atoms with Gasteiger partial charge >= 0.3 is 0 Å². The quantitative estimate of drug-likeness (QED) is 0.559. The van der Waals surface area contributed by atoms with Gasteiger partial charge in [0, 0.05) is 0 Å². The van der Waals surface area contributed by atoms with Crippen molar-refractivity contribution in [3.63, 3.8) is 0 Å². The SMILES string of the molecule is Cc1ccccc1OCC(=O)Nc1ccccc1OCCOc1ccccc1. The van der Waals surface area contributed by atoms with E-state index in [0.717, 1.165) is 11.3 Å². The third kappa shape index (κ3) is 5.77. The van der Waals surface area contributed by atoms with Crippen molar-refractivity contribution < 1.29 is 19.0 Å². The van der Waals surface area contributed by atoms with Crippen LogP contribution in [0.3, 0.4) is 0 Å². The molecule has 1 amide bonds. The Morgan fingerprint density at radius 2 is 1.39 bits per heavy atom. The molecule has 5 heteroatoms. The number of anilines is 1. The third-order valence-electron chi connectivity index (χ3n) is 3.97. The van der Waals surface area contributed by atoms with Gasteiger partial charge in [0.15, 0.2) is 6.61 Å². The molecular weight excluding hydrogens is 354 g/mol. The fraction of sp³-hybridized carbons (Fsp3) is 0.174. The molecule has 0 unspecified atom stereocenters. The molecule has 0 aliphatic heterocycles. The molecule has 3 aromatic rings. The molecule has 0 heterocycles. The molecule has 0 bridgehead atoms. The highest BCUT2D eigenvalue weighted by Gasteiger charge is 2.09. The van der Waals surface area contributed by atoms with Crippen molar-refractivity contribution in [1.82, 2.24) is 0 Å². The lowest BCUT2D eigenvalue weighted by Crippen LogP contribution is -2.21. The van der Waals surface area contributed by atoms with Gasteiger partial charge in [0.1, 0.15) is 30.5 Å². The first-order chi connectivity index (χ1) is 13.7. The monoisotopic (exact) mass is 377 g/mol. The number of hydrogen-bond acceptors (Lipinski definition) is 4. The molecule has 3 aromatic carbocycles. The Labute approximate surface area is 164 Å². The first-order valence-electron chi connectivity index (χ1n) is 9.10. The van der Waals surface area contributed by atoms with E-state index in [1.165, 1.54) is 0 Å². The zero-order chi connectivity index (χ0) is 19.6. The molecule has 0 aliphatic carbocycles. The highest BCUT2D eigenvalue weighted by molar-refractivity contribution is 5.93. The van der Waals surface area contributed by atoms with Crippen LogP contribution in [0.4, 0.5) is 5.69 Å². The van der Waals surface area contributed by atoms with E-state index < -0.39 is 0 Å². The summed E-state index contributed by atoms with van der Waals surface area (Å²) in [7, 11) is 0. The fourth-order valence-corrected chi connectivity index (χ4v) is 2.57. The molecule has 0 atom stereocenters. The molecule has 0 aromatic heterocycles. The van der Waals surface area contributed by atoms with Crippen LogP contribution in [-0.4, -0.2) is 25.7 Å². The number of amides is 1. The fourth-order valence-electron chi connectivity index (χ4n) is 2.57. The highest BCUT2D eigenvalue weighted by Crippen LogP contribution is 2.24. The summed E-state index contributed by atoms with van der Waals surface area (Å²) < 4.78 is 17.0. The van der Waals surface area contributed by atoms with Crippen LogP contribution < -0.4 is 19.5 Å². The van der Waals surface area contributed by atoms with E-state index in [4.69, 9.17) is 14.2 Å². The van der Waals surface area contributed by atoms with Gasteiger partial charge in [0.25, 0.3) is 5.91 Å². The second-order valence-electron chi connectivity index (χ2n) is 6.11. The molecule has 0 aliphatic rings. The minimum Gasteiger partial charge on any atom is -0.490 e. The van der Waals surface area contributed by atoms with Gasteiger partial charge in [-0.05, 0) is 42.8 Å². The zero-order valence-corrected chi connectivity index (χ0v) is 15.8. The van der Waals surface area contributed by atoms with Crippen LogP contribution in [0.1, 0.15) is 5.56 Å². The van der Waals surface area contributed by atoms with Crippen molar-refractivity contribution in [3.8, 4) is 17.2 Å². The number of benzene rings is 3. The highest BCUT2D eigenvalue weighted by atomic mass is 16.5. The summed E-state index contributed by atoms with van der Waals surface area (Å²) in [6.45, 7) is 2.63. The number of hydrogen-bond donors (Lipinski definition) is 1. The second-order valence-corrected chi connectivity index (χ2v) is 6.11. The van der Waals surface area contributed by atoms with Gasteiger partial charge in [0.2, 0.25) is 0 Å². The average Bonchev–Trinajstić information content (AvgIpc) is 2.72. The summed E-state index contributed by atoms with van der Waals surface area (Å²) >= 11 is 0. The van der Waals surface area contributed by atoms with Crippen molar-refractivity contribution in [1.29, 1.82) is 0 Å². The van der Waals surface area contributed by atoms with Crippen LogP contribution in [0.2, 0.25) is 0 Å². The number of ether oxygens (including phenoxy) is 3. The molecule has 5 nitrogen and oxygen atoms in total. The normalized spacial score (nSPS) is 10.2. The van der Waals surface area contributed by atoms with Crippen molar-refractivity contribution in [2.75, 3.05) is 25.1 Å². The minimum absolute atomic E-state index is 0.0731. The lowest BCUT2D eigenvalue weighted by Gasteiger charge is -2.13. The smallest absolute Gasteiger partial charge is 0.262 e. The topological polar surface area (TPSA) is 56.8 Å². The molecule has 0 saturated heterocycles.